The summed E-state index contributed by atoms with van der Waals surface area (Å²) < 4.78 is 0.943. The molecule has 0 unspecified atom stereocenters. The van der Waals surface area contributed by atoms with Crippen molar-refractivity contribution in [2.45, 2.75) is 13.8 Å². The SMILES string of the molecule is Cc1ccc(N2NC(=O)/C(=C\c3ccc(Br)cc3)C2=O)cc1C. The Balaban J connectivity index is 1.93. The molecule has 0 spiro atoms. The molecule has 1 aliphatic heterocycles. The van der Waals surface area contributed by atoms with Crippen molar-refractivity contribution in [1.82, 2.24) is 5.43 Å². The second-order valence-corrected chi connectivity index (χ2v) is 6.38. The Morgan fingerprint density at radius 3 is 2.35 bits per heavy atom. The molecule has 1 fully saturated rings. The van der Waals surface area contributed by atoms with Crippen molar-refractivity contribution in [1.29, 1.82) is 0 Å². The number of aryl methyl sites for hydroxylation is 2. The van der Waals surface area contributed by atoms with Crippen LogP contribution < -0.4 is 10.4 Å². The number of halogens is 1. The highest BCUT2D eigenvalue weighted by Crippen LogP contribution is 2.24. The van der Waals surface area contributed by atoms with Gasteiger partial charge in [0.25, 0.3) is 11.8 Å². The minimum atomic E-state index is -0.392. The molecule has 1 saturated heterocycles. The molecule has 2 amide bonds. The lowest BCUT2D eigenvalue weighted by molar-refractivity contribution is -0.117. The van der Waals surface area contributed by atoms with Crippen LogP contribution in [0.5, 0.6) is 0 Å². The zero-order valence-corrected chi connectivity index (χ0v) is 14.3. The van der Waals surface area contributed by atoms with Gasteiger partial charge in [-0.1, -0.05) is 34.1 Å². The van der Waals surface area contributed by atoms with Crippen molar-refractivity contribution in [3.05, 3.63) is 69.2 Å². The van der Waals surface area contributed by atoms with Crippen molar-refractivity contribution in [3.63, 3.8) is 0 Å². The van der Waals surface area contributed by atoms with Crippen molar-refractivity contribution < 1.29 is 9.59 Å². The Kier molecular flexibility index (Phi) is 4.05. The molecule has 2 aromatic rings. The number of hydrogen-bond donors (Lipinski definition) is 1. The Morgan fingerprint density at radius 2 is 1.70 bits per heavy atom. The van der Waals surface area contributed by atoms with Gasteiger partial charge in [0, 0.05) is 4.47 Å². The Hall–Kier alpha value is -2.40. The molecule has 0 aromatic heterocycles. The van der Waals surface area contributed by atoms with Gasteiger partial charge in [-0.3, -0.25) is 15.0 Å². The number of benzene rings is 2. The van der Waals surface area contributed by atoms with E-state index in [1.807, 2.05) is 56.3 Å². The molecule has 5 heteroatoms. The summed E-state index contributed by atoms with van der Waals surface area (Å²) in [4.78, 5) is 24.7. The van der Waals surface area contributed by atoms with Gasteiger partial charge in [-0.15, -0.1) is 0 Å². The summed E-state index contributed by atoms with van der Waals surface area (Å²) >= 11 is 3.36. The van der Waals surface area contributed by atoms with Crippen LogP contribution >= 0.6 is 15.9 Å². The van der Waals surface area contributed by atoms with Gasteiger partial charge in [0.15, 0.2) is 0 Å². The number of hydrazine groups is 1. The lowest BCUT2D eigenvalue weighted by atomic mass is 10.1. The fraction of sp³-hybridized carbons (Fsp3) is 0.111. The predicted molar refractivity (Wildman–Crippen MR) is 93.7 cm³/mol. The van der Waals surface area contributed by atoms with Gasteiger partial charge < -0.3 is 0 Å². The Bertz CT molecular complexity index is 825. The fourth-order valence-corrected chi connectivity index (χ4v) is 2.59. The molecule has 0 atom stereocenters. The first-order chi connectivity index (χ1) is 11.0. The van der Waals surface area contributed by atoms with Crippen LogP contribution in [-0.4, -0.2) is 11.8 Å². The number of nitrogens with zero attached hydrogens (tertiary/aromatic N) is 1. The number of carbonyl (C=O) groups is 2. The standard InChI is InChI=1S/C18H15BrN2O2/c1-11-3-8-15(9-12(11)2)21-18(23)16(17(22)20-21)10-13-4-6-14(19)7-5-13/h3-10H,1-2H3,(H,20,22)/b16-10+. The summed E-state index contributed by atoms with van der Waals surface area (Å²) in [6.07, 6.45) is 1.60. The van der Waals surface area contributed by atoms with Crippen molar-refractivity contribution in [3.8, 4) is 0 Å². The maximum absolute atomic E-state index is 12.5. The quantitative estimate of drug-likeness (QED) is 0.649. The van der Waals surface area contributed by atoms with Gasteiger partial charge in [0.1, 0.15) is 5.57 Å². The molecule has 0 saturated carbocycles. The molecule has 0 bridgehead atoms. The van der Waals surface area contributed by atoms with Crippen LogP contribution in [0.3, 0.4) is 0 Å². The first-order valence-electron chi connectivity index (χ1n) is 7.15. The molecule has 1 aliphatic rings. The average molecular weight is 371 g/mol. The van der Waals surface area contributed by atoms with Crippen molar-refractivity contribution >= 4 is 39.5 Å². The zero-order valence-electron chi connectivity index (χ0n) is 12.8. The van der Waals surface area contributed by atoms with Crippen molar-refractivity contribution in [2.24, 2.45) is 0 Å². The van der Waals surface area contributed by atoms with Crippen LogP contribution in [-0.2, 0) is 9.59 Å². The van der Waals surface area contributed by atoms with E-state index in [4.69, 9.17) is 0 Å². The number of amides is 2. The van der Waals surface area contributed by atoms with E-state index < -0.39 is 5.91 Å². The molecule has 3 rings (SSSR count). The monoisotopic (exact) mass is 370 g/mol. The van der Waals surface area contributed by atoms with Crippen molar-refractivity contribution in [2.75, 3.05) is 5.01 Å². The van der Waals surface area contributed by atoms with Crippen LogP contribution in [0.4, 0.5) is 5.69 Å². The van der Waals surface area contributed by atoms with Crippen LogP contribution in [0, 0.1) is 13.8 Å². The van der Waals surface area contributed by atoms with Crippen LogP contribution in [0.1, 0.15) is 16.7 Å². The highest BCUT2D eigenvalue weighted by Gasteiger charge is 2.34. The molecular formula is C18H15BrN2O2. The summed E-state index contributed by atoms with van der Waals surface area (Å²) in [6.45, 7) is 3.97. The third-order valence-corrected chi connectivity index (χ3v) is 4.35. The maximum Gasteiger partial charge on any atom is 0.282 e. The topological polar surface area (TPSA) is 49.4 Å². The van der Waals surface area contributed by atoms with E-state index in [9.17, 15) is 9.59 Å². The first-order valence-corrected chi connectivity index (χ1v) is 7.95. The minimum Gasteiger partial charge on any atom is -0.267 e. The fourth-order valence-electron chi connectivity index (χ4n) is 2.33. The molecule has 0 radical (unpaired) electrons. The van der Waals surface area contributed by atoms with Gasteiger partial charge in [-0.25, -0.2) is 5.01 Å². The zero-order chi connectivity index (χ0) is 16.6. The molecule has 4 nitrogen and oxygen atoms in total. The van der Waals surface area contributed by atoms with E-state index >= 15 is 0 Å². The average Bonchev–Trinajstić information content (AvgIpc) is 2.80. The van der Waals surface area contributed by atoms with Crippen LogP contribution in [0.15, 0.2) is 52.5 Å². The third kappa shape index (κ3) is 3.05. The van der Waals surface area contributed by atoms with Gasteiger partial charge in [0.2, 0.25) is 0 Å². The molecule has 23 heavy (non-hydrogen) atoms. The lowest BCUT2D eigenvalue weighted by Gasteiger charge is -2.15. The Morgan fingerprint density at radius 1 is 1.00 bits per heavy atom. The second-order valence-electron chi connectivity index (χ2n) is 5.46. The summed E-state index contributed by atoms with van der Waals surface area (Å²) in [5.41, 5.74) is 6.40. The number of anilines is 1. The second kappa shape index (κ2) is 6.01. The van der Waals surface area contributed by atoms with Crippen LogP contribution in [0.2, 0.25) is 0 Å². The largest absolute Gasteiger partial charge is 0.282 e. The first kappa shape index (κ1) is 15.5. The molecule has 1 N–H and O–H groups in total. The maximum atomic E-state index is 12.5. The third-order valence-electron chi connectivity index (χ3n) is 3.82. The molecule has 116 valence electrons. The molecular weight excluding hydrogens is 356 g/mol. The number of carbonyl (C=O) groups excluding carboxylic acids is 2. The van der Waals surface area contributed by atoms with Gasteiger partial charge in [0.05, 0.1) is 5.69 Å². The van der Waals surface area contributed by atoms with Crippen LogP contribution in [0.25, 0.3) is 6.08 Å². The normalized spacial score (nSPS) is 16.1. The van der Waals surface area contributed by atoms with Gasteiger partial charge >= 0.3 is 0 Å². The predicted octanol–water partition coefficient (Wildman–Crippen LogP) is 3.53. The summed E-state index contributed by atoms with van der Waals surface area (Å²) in [5.74, 6) is -0.739. The number of rotatable bonds is 2. The van der Waals surface area contributed by atoms with Gasteiger partial charge in [-0.05, 0) is 60.9 Å². The number of hydrogen-bond acceptors (Lipinski definition) is 2. The van der Waals surface area contributed by atoms with E-state index in [1.165, 1.54) is 5.01 Å². The van der Waals surface area contributed by atoms with E-state index in [1.54, 1.807) is 6.08 Å². The van der Waals surface area contributed by atoms with E-state index in [-0.39, 0.29) is 11.5 Å². The molecule has 2 aromatic carbocycles. The van der Waals surface area contributed by atoms with E-state index in [2.05, 4.69) is 21.4 Å². The van der Waals surface area contributed by atoms with E-state index in [0.717, 1.165) is 21.2 Å². The van der Waals surface area contributed by atoms with E-state index in [0.29, 0.717) is 5.69 Å². The Labute approximate surface area is 142 Å². The highest BCUT2D eigenvalue weighted by atomic mass is 79.9. The number of nitrogens with one attached hydrogen (secondary N) is 1. The molecule has 1 heterocycles. The summed E-state index contributed by atoms with van der Waals surface area (Å²) in [6, 6.07) is 13.1. The smallest absolute Gasteiger partial charge is 0.267 e. The van der Waals surface area contributed by atoms with Gasteiger partial charge in [-0.2, -0.15) is 0 Å². The highest BCUT2D eigenvalue weighted by molar-refractivity contribution is 9.10. The summed E-state index contributed by atoms with van der Waals surface area (Å²) in [7, 11) is 0. The minimum absolute atomic E-state index is 0.130. The summed E-state index contributed by atoms with van der Waals surface area (Å²) in [5, 5.41) is 1.29. The molecule has 0 aliphatic carbocycles. The lowest BCUT2D eigenvalue weighted by Crippen LogP contribution is -2.35.